The second kappa shape index (κ2) is 5.30. The third-order valence-corrected chi connectivity index (χ3v) is 3.22. The maximum absolute atomic E-state index is 9.65. The maximum atomic E-state index is 9.65. The van der Waals surface area contributed by atoms with Crippen LogP contribution in [0.5, 0.6) is 0 Å². The molecule has 1 atom stereocenters. The van der Waals surface area contributed by atoms with Crippen LogP contribution in [0.15, 0.2) is 18.3 Å². The smallest absolute Gasteiger partial charge is 0.0957 e. The van der Waals surface area contributed by atoms with Gasteiger partial charge in [0.1, 0.15) is 0 Å². The lowest BCUT2D eigenvalue weighted by atomic mass is 10.1. The van der Waals surface area contributed by atoms with Crippen molar-refractivity contribution in [2.24, 2.45) is 0 Å². The van der Waals surface area contributed by atoms with Gasteiger partial charge >= 0.3 is 0 Å². The van der Waals surface area contributed by atoms with Gasteiger partial charge in [-0.2, -0.15) is 0 Å². The zero-order valence-electron chi connectivity index (χ0n) is 9.89. The molecule has 2 rings (SSSR count). The van der Waals surface area contributed by atoms with Crippen molar-refractivity contribution < 1.29 is 5.11 Å². The summed E-state index contributed by atoms with van der Waals surface area (Å²) >= 11 is 0. The first-order valence-electron chi connectivity index (χ1n) is 6.20. The molecule has 2 heterocycles. The Morgan fingerprint density at radius 1 is 1.31 bits per heavy atom. The van der Waals surface area contributed by atoms with E-state index in [1.807, 2.05) is 19.2 Å². The standard InChI is InChI=1S/C13H20N2O/c1-2-13(16)12-7-6-11(10-14-12)15-8-4-3-5-9-15/h6-7,10,13,16H,2-5,8-9H2,1H3/t13-/m1/s1. The fraction of sp³-hybridized carbons (Fsp3) is 0.615. The van der Waals surface area contributed by atoms with Crippen LogP contribution < -0.4 is 4.90 Å². The van der Waals surface area contributed by atoms with Gasteiger partial charge in [-0.25, -0.2) is 0 Å². The Hall–Kier alpha value is -1.09. The molecule has 1 aliphatic heterocycles. The average Bonchev–Trinajstić information content (AvgIpc) is 2.39. The molecule has 0 bridgehead atoms. The second-order valence-electron chi connectivity index (χ2n) is 4.41. The molecule has 1 aromatic heterocycles. The number of pyridine rings is 1. The first kappa shape index (κ1) is 11.4. The summed E-state index contributed by atoms with van der Waals surface area (Å²) in [5.74, 6) is 0. The fourth-order valence-electron chi connectivity index (χ4n) is 2.14. The average molecular weight is 220 g/mol. The second-order valence-corrected chi connectivity index (χ2v) is 4.41. The highest BCUT2D eigenvalue weighted by molar-refractivity contribution is 5.44. The van der Waals surface area contributed by atoms with Crippen molar-refractivity contribution >= 4 is 5.69 Å². The molecule has 3 heteroatoms. The van der Waals surface area contributed by atoms with E-state index in [1.54, 1.807) is 0 Å². The molecule has 1 aromatic rings. The van der Waals surface area contributed by atoms with E-state index in [1.165, 1.54) is 24.9 Å². The number of nitrogens with zero attached hydrogens (tertiary/aromatic N) is 2. The minimum absolute atomic E-state index is 0.421. The van der Waals surface area contributed by atoms with Crippen LogP contribution in [-0.2, 0) is 0 Å². The molecule has 1 fully saturated rings. The first-order valence-corrected chi connectivity index (χ1v) is 6.20. The zero-order valence-corrected chi connectivity index (χ0v) is 9.89. The largest absolute Gasteiger partial charge is 0.387 e. The number of hydrogen-bond donors (Lipinski definition) is 1. The minimum Gasteiger partial charge on any atom is -0.387 e. The van der Waals surface area contributed by atoms with Crippen LogP contribution in [0.2, 0.25) is 0 Å². The molecule has 1 saturated heterocycles. The Bertz CT molecular complexity index is 317. The summed E-state index contributed by atoms with van der Waals surface area (Å²) in [6.07, 6.45) is 6.08. The highest BCUT2D eigenvalue weighted by Gasteiger charge is 2.12. The van der Waals surface area contributed by atoms with E-state index in [2.05, 4.69) is 16.0 Å². The number of aliphatic hydroxyl groups is 1. The molecule has 1 aliphatic rings. The SMILES string of the molecule is CC[C@@H](O)c1ccc(N2CCCCC2)cn1. The molecule has 16 heavy (non-hydrogen) atoms. The van der Waals surface area contributed by atoms with Crippen molar-refractivity contribution in [1.29, 1.82) is 0 Å². The van der Waals surface area contributed by atoms with Gasteiger partial charge in [-0.3, -0.25) is 4.98 Å². The molecular weight excluding hydrogens is 200 g/mol. The van der Waals surface area contributed by atoms with E-state index in [0.717, 1.165) is 25.2 Å². The van der Waals surface area contributed by atoms with Crippen LogP contribution in [0.3, 0.4) is 0 Å². The summed E-state index contributed by atoms with van der Waals surface area (Å²) < 4.78 is 0. The summed E-state index contributed by atoms with van der Waals surface area (Å²) in [5, 5.41) is 9.65. The summed E-state index contributed by atoms with van der Waals surface area (Å²) in [6, 6.07) is 4.02. The molecule has 0 aromatic carbocycles. The van der Waals surface area contributed by atoms with Crippen LogP contribution in [0.1, 0.15) is 44.4 Å². The van der Waals surface area contributed by atoms with Gasteiger partial charge in [0.15, 0.2) is 0 Å². The molecule has 0 spiro atoms. The lowest BCUT2D eigenvalue weighted by Gasteiger charge is -2.28. The number of piperidine rings is 1. The van der Waals surface area contributed by atoms with E-state index >= 15 is 0 Å². The molecule has 3 nitrogen and oxygen atoms in total. The van der Waals surface area contributed by atoms with Crippen molar-refractivity contribution in [2.75, 3.05) is 18.0 Å². The number of rotatable bonds is 3. The summed E-state index contributed by atoms with van der Waals surface area (Å²) in [7, 11) is 0. The van der Waals surface area contributed by atoms with Gasteiger partial charge in [0.2, 0.25) is 0 Å². The third-order valence-electron chi connectivity index (χ3n) is 3.22. The fourth-order valence-corrected chi connectivity index (χ4v) is 2.14. The van der Waals surface area contributed by atoms with Gasteiger partial charge in [0, 0.05) is 13.1 Å². The van der Waals surface area contributed by atoms with Gasteiger partial charge in [-0.05, 0) is 37.8 Å². The van der Waals surface area contributed by atoms with Crippen molar-refractivity contribution in [2.45, 2.75) is 38.7 Å². The topological polar surface area (TPSA) is 36.4 Å². The van der Waals surface area contributed by atoms with Gasteiger partial charge in [-0.1, -0.05) is 6.92 Å². The van der Waals surface area contributed by atoms with Crippen molar-refractivity contribution in [1.82, 2.24) is 4.98 Å². The Kier molecular flexibility index (Phi) is 3.78. The lowest BCUT2D eigenvalue weighted by Crippen LogP contribution is -2.29. The molecule has 0 amide bonds. The minimum atomic E-state index is -0.421. The quantitative estimate of drug-likeness (QED) is 0.850. The summed E-state index contributed by atoms with van der Waals surface area (Å²) in [6.45, 7) is 4.24. The van der Waals surface area contributed by atoms with Gasteiger partial charge < -0.3 is 10.0 Å². The number of aromatic nitrogens is 1. The van der Waals surface area contributed by atoms with Crippen LogP contribution in [-0.4, -0.2) is 23.2 Å². The predicted octanol–water partition coefficient (Wildman–Crippen LogP) is 2.52. The van der Waals surface area contributed by atoms with E-state index in [4.69, 9.17) is 0 Å². The van der Waals surface area contributed by atoms with E-state index in [9.17, 15) is 5.11 Å². The van der Waals surface area contributed by atoms with E-state index in [-0.39, 0.29) is 0 Å². The zero-order chi connectivity index (χ0) is 11.4. The van der Waals surface area contributed by atoms with Gasteiger partial charge in [0.05, 0.1) is 23.7 Å². The highest BCUT2D eigenvalue weighted by Crippen LogP contribution is 2.21. The maximum Gasteiger partial charge on any atom is 0.0957 e. The van der Waals surface area contributed by atoms with E-state index < -0.39 is 6.10 Å². The monoisotopic (exact) mass is 220 g/mol. The van der Waals surface area contributed by atoms with Gasteiger partial charge in [-0.15, -0.1) is 0 Å². The Morgan fingerprint density at radius 3 is 2.62 bits per heavy atom. The molecule has 0 aliphatic carbocycles. The number of anilines is 1. The third kappa shape index (κ3) is 2.53. The summed E-state index contributed by atoms with van der Waals surface area (Å²) in [4.78, 5) is 6.71. The molecule has 0 radical (unpaired) electrons. The molecule has 0 saturated carbocycles. The molecular formula is C13H20N2O. The Labute approximate surface area is 97.1 Å². The van der Waals surface area contributed by atoms with Crippen LogP contribution in [0.4, 0.5) is 5.69 Å². The van der Waals surface area contributed by atoms with Crippen LogP contribution >= 0.6 is 0 Å². The van der Waals surface area contributed by atoms with Crippen molar-refractivity contribution in [3.05, 3.63) is 24.0 Å². The van der Waals surface area contributed by atoms with Crippen molar-refractivity contribution in [3.8, 4) is 0 Å². The van der Waals surface area contributed by atoms with Crippen LogP contribution in [0, 0.1) is 0 Å². The lowest BCUT2D eigenvalue weighted by molar-refractivity contribution is 0.169. The van der Waals surface area contributed by atoms with Crippen molar-refractivity contribution in [3.63, 3.8) is 0 Å². The normalized spacial score (nSPS) is 18.5. The predicted molar refractivity (Wildman–Crippen MR) is 65.6 cm³/mol. The number of hydrogen-bond acceptors (Lipinski definition) is 3. The Balaban J connectivity index is 2.06. The number of aliphatic hydroxyl groups excluding tert-OH is 1. The summed E-state index contributed by atoms with van der Waals surface area (Å²) in [5.41, 5.74) is 1.97. The molecule has 0 unspecified atom stereocenters. The first-order chi connectivity index (χ1) is 7.81. The highest BCUT2D eigenvalue weighted by atomic mass is 16.3. The molecule has 1 N–H and O–H groups in total. The van der Waals surface area contributed by atoms with E-state index in [0.29, 0.717) is 0 Å². The van der Waals surface area contributed by atoms with Crippen LogP contribution in [0.25, 0.3) is 0 Å². The Morgan fingerprint density at radius 2 is 2.06 bits per heavy atom. The molecule has 88 valence electrons. The van der Waals surface area contributed by atoms with Gasteiger partial charge in [0.25, 0.3) is 0 Å².